The standard InChI is InChI=1S/C17H14N2O6/c20-15(8-9-16(21)22)18-14-7-6-12(19(24)25)10-13(14)17(23)11-4-2-1-3-5-11/h1-7,10H,8-9H2,(H,18,20)(H,21,22). The molecule has 0 saturated heterocycles. The van der Waals surface area contributed by atoms with E-state index in [1.807, 2.05) is 0 Å². The van der Waals surface area contributed by atoms with E-state index in [2.05, 4.69) is 5.32 Å². The van der Waals surface area contributed by atoms with Gasteiger partial charge in [-0.1, -0.05) is 30.3 Å². The molecule has 0 aromatic heterocycles. The molecule has 2 aromatic rings. The van der Waals surface area contributed by atoms with Crippen LogP contribution in [-0.4, -0.2) is 27.7 Å². The summed E-state index contributed by atoms with van der Waals surface area (Å²) in [4.78, 5) is 45.3. The first-order valence-electron chi connectivity index (χ1n) is 7.28. The molecule has 0 saturated carbocycles. The molecule has 0 radical (unpaired) electrons. The van der Waals surface area contributed by atoms with E-state index in [4.69, 9.17) is 5.11 Å². The number of aliphatic carboxylic acids is 1. The number of amides is 1. The second-order valence-electron chi connectivity index (χ2n) is 5.12. The number of nitro groups is 1. The third kappa shape index (κ3) is 4.71. The van der Waals surface area contributed by atoms with Crippen LogP contribution in [0.2, 0.25) is 0 Å². The van der Waals surface area contributed by atoms with Crippen LogP contribution in [0.15, 0.2) is 48.5 Å². The molecule has 8 nitrogen and oxygen atoms in total. The van der Waals surface area contributed by atoms with E-state index >= 15 is 0 Å². The lowest BCUT2D eigenvalue weighted by atomic mass is 10.0. The molecule has 1 amide bonds. The van der Waals surface area contributed by atoms with Crippen LogP contribution in [0.1, 0.15) is 28.8 Å². The van der Waals surface area contributed by atoms with E-state index in [-0.39, 0.29) is 29.8 Å². The normalized spacial score (nSPS) is 10.1. The maximum Gasteiger partial charge on any atom is 0.303 e. The number of carbonyl (C=O) groups excluding carboxylic acids is 2. The third-order valence-corrected chi connectivity index (χ3v) is 3.33. The first-order chi connectivity index (χ1) is 11.9. The van der Waals surface area contributed by atoms with Crippen LogP contribution >= 0.6 is 0 Å². The van der Waals surface area contributed by atoms with Gasteiger partial charge in [-0.25, -0.2) is 0 Å². The zero-order chi connectivity index (χ0) is 18.4. The Balaban J connectivity index is 2.35. The summed E-state index contributed by atoms with van der Waals surface area (Å²) in [6.45, 7) is 0. The van der Waals surface area contributed by atoms with Crippen molar-refractivity contribution in [3.8, 4) is 0 Å². The van der Waals surface area contributed by atoms with Gasteiger partial charge in [0.2, 0.25) is 5.91 Å². The van der Waals surface area contributed by atoms with Crippen LogP contribution in [0.4, 0.5) is 11.4 Å². The number of carbonyl (C=O) groups is 3. The van der Waals surface area contributed by atoms with Gasteiger partial charge in [0.05, 0.1) is 22.6 Å². The van der Waals surface area contributed by atoms with Gasteiger partial charge < -0.3 is 10.4 Å². The van der Waals surface area contributed by atoms with Crippen LogP contribution in [0.5, 0.6) is 0 Å². The number of carboxylic acids is 1. The van der Waals surface area contributed by atoms with Gasteiger partial charge in [-0.3, -0.25) is 24.5 Å². The average molecular weight is 342 g/mol. The van der Waals surface area contributed by atoms with Crippen molar-refractivity contribution in [2.24, 2.45) is 0 Å². The summed E-state index contributed by atoms with van der Waals surface area (Å²) >= 11 is 0. The fraction of sp³-hybridized carbons (Fsp3) is 0.118. The number of benzene rings is 2. The van der Waals surface area contributed by atoms with Crippen molar-refractivity contribution in [1.82, 2.24) is 0 Å². The summed E-state index contributed by atoms with van der Waals surface area (Å²) < 4.78 is 0. The Hall–Kier alpha value is -3.55. The number of nitro benzene ring substituents is 1. The molecular formula is C17H14N2O6. The second-order valence-corrected chi connectivity index (χ2v) is 5.12. The molecule has 0 bridgehead atoms. The summed E-state index contributed by atoms with van der Waals surface area (Å²) in [6.07, 6.45) is -0.633. The first-order valence-corrected chi connectivity index (χ1v) is 7.28. The Kier molecular flexibility index (Phi) is 5.57. The maximum absolute atomic E-state index is 12.6. The minimum absolute atomic E-state index is 0.0379. The molecule has 0 aliphatic heterocycles. The number of carboxylic acid groups (broad SMARTS) is 1. The molecule has 0 heterocycles. The van der Waals surface area contributed by atoms with Gasteiger partial charge >= 0.3 is 5.97 Å². The van der Waals surface area contributed by atoms with Crippen molar-refractivity contribution in [3.05, 3.63) is 69.8 Å². The van der Waals surface area contributed by atoms with Crippen molar-refractivity contribution in [1.29, 1.82) is 0 Å². The van der Waals surface area contributed by atoms with Gasteiger partial charge in [-0.15, -0.1) is 0 Å². The maximum atomic E-state index is 12.6. The van der Waals surface area contributed by atoms with Gasteiger partial charge in [-0.05, 0) is 6.07 Å². The molecule has 0 aliphatic rings. The molecule has 25 heavy (non-hydrogen) atoms. The SMILES string of the molecule is O=C(O)CCC(=O)Nc1ccc([N+](=O)[O-])cc1C(=O)c1ccccc1. The Morgan fingerprint density at radius 2 is 1.72 bits per heavy atom. The molecule has 128 valence electrons. The number of ketones is 1. The zero-order valence-electron chi connectivity index (χ0n) is 13.0. The number of non-ortho nitro benzene ring substituents is 1. The number of rotatable bonds is 7. The third-order valence-electron chi connectivity index (χ3n) is 3.33. The molecule has 0 aliphatic carbocycles. The predicted octanol–water partition coefficient (Wildman–Crippen LogP) is 2.63. The number of hydrogen-bond donors (Lipinski definition) is 2. The minimum atomic E-state index is -1.13. The monoisotopic (exact) mass is 342 g/mol. The van der Waals surface area contributed by atoms with Gasteiger partial charge in [0, 0.05) is 24.1 Å². The van der Waals surface area contributed by atoms with Crippen LogP contribution in [-0.2, 0) is 9.59 Å². The molecule has 8 heteroatoms. The van der Waals surface area contributed by atoms with E-state index in [1.54, 1.807) is 30.3 Å². The highest BCUT2D eigenvalue weighted by Crippen LogP contribution is 2.25. The molecule has 0 atom stereocenters. The van der Waals surface area contributed by atoms with Gasteiger partial charge in [0.15, 0.2) is 5.78 Å². The average Bonchev–Trinajstić information content (AvgIpc) is 2.60. The van der Waals surface area contributed by atoms with E-state index in [0.717, 1.165) is 12.1 Å². The highest BCUT2D eigenvalue weighted by Gasteiger charge is 2.19. The highest BCUT2D eigenvalue weighted by molar-refractivity contribution is 6.14. The number of nitrogens with zero attached hydrogens (tertiary/aromatic N) is 1. The van der Waals surface area contributed by atoms with Crippen LogP contribution in [0.25, 0.3) is 0 Å². The number of hydrogen-bond acceptors (Lipinski definition) is 5. The molecule has 0 unspecified atom stereocenters. The largest absolute Gasteiger partial charge is 0.481 e. The minimum Gasteiger partial charge on any atom is -0.481 e. The quantitative estimate of drug-likeness (QED) is 0.452. The summed E-state index contributed by atoms with van der Waals surface area (Å²) in [5, 5.41) is 22.0. The fourth-order valence-electron chi connectivity index (χ4n) is 2.12. The van der Waals surface area contributed by atoms with E-state index < -0.39 is 22.6 Å². The summed E-state index contributed by atoms with van der Waals surface area (Å²) in [7, 11) is 0. The molecule has 0 fully saturated rings. The van der Waals surface area contributed by atoms with Crippen LogP contribution < -0.4 is 5.32 Å². The topological polar surface area (TPSA) is 127 Å². The van der Waals surface area contributed by atoms with Crippen molar-refractivity contribution in [2.45, 2.75) is 12.8 Å². The van der Waals surface area contributed by atoms with Crippen molar-refractivity contribution < 1.29 is 24.4 Å². The summed E-state index contributed by atoms with van der Waals surface area (Å²) in [5.74, 6) is -2.21. The van der Waals surface area contributed by atoms with Gasteiger partial charge in [0.25, 0.3) is 5.69 Å². The highest BCUT2D eigenvalue weighted by atomic mass is 16.6. The smallest absolute Gasteiger partial charge is 0.303 e. The van der Waals surface area contributed by atoms with Gasteiger partial charge in [-0.2, -0.15) is 0 Å². The second kappa shape index (κ2) is 7.82. The Labute approximate surface area is 142 Å². The molecular weight excluding hydrogens is 328 g/mol. The predicted molar refractivity (Wildman–Crippen MR) is 88.5 cm³/mol. The van der Waals surface area contributed by atoms with Gasteiger partial charge in [0.1, 0.15) is 0 Å². The molecule has 0 spiro atoms. The Morgan fingerprint density at radius 3 is 2.32 bits per heavy atom. The summed E-state index contributed by atoms with van der Waals surface area (Å²) in [6, 6.07) is 11.6. The number of anilines is 1. The lowest BCUT2D eigenvalue weighted by Crippen LogP contribution is -2.16. The van der Waals surface area contributed by atoms with Crippen molar-refractivity contribution in [2.75, 3.05) is 5.32 Å². The molecule has 2 rings (SSSR count). The number of nitrogens with one attached hydrogen (secondary N) is 1. The Bertz CT molecular complexity index is 832. The summed E-state index contributed by atoms with van der Waals surface area (Å²) in [5.41, 5.74) is 0.0748. The van der Waals surface area contributed by atoms with Crippen molar-refractivity contribution in [3.63, 3.8) is 0 Å². The lowest BCUT2D eigenvalue weighted by molar-refractivity contribution is -0.384. The first kappa shape index (κ1) is 17.8. The lowest BCUT2D eigenvalue weighted by Gasteiger charge is -2.10. The fourth-order valence-corrected chi connectivity index (χ4v) is 2.12. The molecule has 2 aromatic carbocycles. The van der Waals surface area contributed by atoms with E-state index in [9.17, 15) is 24.5 Å². The molecule has 2 N–H and O–H groups in total. The van der Waals surface area contributed by atoms with E-state index in [0.29, 0.717) is 5.56 Å². The van der Waals surface area contributed by atoms with Crippen LogP contribution in [0.3, 0.4) is 0 Å². The van der Waals surface area contributed by atoms with E-state index in [1.165, 1.54) is 6.07 Å². The zero-order valence-corrected chi connectivity index (χ0v) is 13.0. The van der Waals surface area contributed by atoms with Crippen molar-refractivity contribution >= 4 is 29.0 Å². The van der Waals surface area contributed by atoms with Crippen LogP contribution in [0, 0.1) is 10.1 Å². The Morgan fingerprint density at radius 1 is 1.04 bits per heavy atom.